The lowest BCUT2D eigenvalue weighted by Crippen LogP contribution is -2.15. The van der Waals surface area contributed by atoms with Gasteiger partial charge in [0, 0.05) is 5.69 Å². The van der Waals surface area contributed by atoms with Crippen LogP contribution in [0.4, 0.5) is 17.3 Å². The Morgan fingerprint density at radius 2 is 1.54 bits per heavy atom. The first-order chi connectivity index (χ1) is 12.3. The number of sulfonamides is 1. The van der Waals surface area contributed by atoms with Gasteiger partial charge in [-0.2, -0.15) is 0 Å². The topological polar surface area (TPSA) is 110 Å². The monoisotopic (exact) mass is 373 g/mol. The van der Waals surface area contributed by atoms with E-state index in [1.807, 2.05) is 32.0 Å². The molecule has 2 N–H and O–H groups in total. The van der Waals surface area contributed by atoms with Crippen molar-refractivity contribution in [3.8, 4) is 0 Å². The maximum atomic E-state index is 12.5. The number of aryl methyl sites for hydroxylation is 4. The maximum absolute atomic E-state index is 12.5. The average molecular weight is 373 g/mol. The van der Waals surface area contributed by atoms with E-state index in [-0.39, 0.29) is 22.2 Å². The summed E-state index contributed by atoms with van der Waals surface area (Å²) in [6, 6.07) is 9.17. The van der Waals surface area contributed by atoms with Gasteiger partial charge in [-0.05, 0) is 51.0 Å². The summed E-state index contributed by atoms with van der Waals surface area (Å²) in [7, 11) is -3.85. The van der Waals surface area contributed by atoms with Gasteiger partial charge in [-0.25, -0.2) is 8.42 Å². The van der Waals surface area contributed by atoms with Gasteiger partial charge < -0.3 is 9.84 Å². The van der Waals surface area contributed by atoms with E-state index in [1.54, 1.807) is 19.1 Å². The number of anilines is 3. The van der Waals surface area contributed by atoms with E-state index >= 15 is 0 Å². The van der Waals surface area contributed by atoms with Crippen LogP contribution in [0.25, 0.3) is 0 Å². The molecule has 0 spiro atoms. The number of nitrogens with one attached hydrogen (secondary N) is 2. The number of hydrogen-bond donors (Lipinski definition) is 2. The van der Waals surface area contributed by atoms with E-state index in [0.29, 0.717) is 5.82 Å². The van der Waals surface area contributed by atoms with Crippen LogP contribution in [0.5, 0.6) is 0 Å². The van der Waals surface area contributed by atoms with Crippen molar-refractivity contribution in [2.75, 3.05) is 10.0 Å². The van der Waals surface area contributed by atoms with Crippen molar-refractivity contribution < 1.29 is 12.9 Å². The minimum absolute atomic E-state index is 0.0111. The number of para-hydroxylation sites is 1. The van der Waals surface area contributed by atoms with Crippen LogP contribution in [0, 0.1) is 27.7 Å². The van der Waals surface area contributed by atoms with E-state index in [4.69, 9.17) is 4.52 Å². The molecule has 2 heterocycles. The van der Waals surface area contributed by atoms with Crippen LogP contribution < -0.4 is 10.0 Å². The number of benzene rings is 1. The molecule has 0 amide bonds. The zero-order valence-corrected chi connectivity index (χ0v) is 15.7. The fourth-order valence-electron chi connectivity index (χ4n) is 2.64. The highest BCUT2D eigenvalue weighted by Crippen LogP contribution is 2.24. The van der Waals surface area contributed by atoms with Crippen molar-refractivity contribution in [3.05, 3.63) is 52.9 Å². The van der Waals surface area contributed by atoms with Crippen LogP contribution in [0.2, 0.25) is 0 Å². The minimum atomic E-state index is -3.85. The average Bonchev–Trinajstić information content (AvgIpc) is 2.92. The highest BCUT2D eigenvalue weighted by Gasteiger charge is 2.24. The summed E-state index contributed by atoms with van der Waals surface area (Å²) in [5.74, 6) is 0.844. The zero-order chi connectivity index (χ0) is 18.9. The number of rotatable bonds is 5. The fraction of sp³-hybridized carbons (Fsp3) is 0.235. The van der Waals surface area contributed by atoms with E-state index in [0.717, 1.165) is 16.8 Å². The van der Waals surface area contributed by atoms with Gasteiger partial charge in [0.05, 0.1) is 0 Å². The second kappa shape index (κ2) is 6.75. The Morgan fingerprint density at radius 3 is 2.08 bits per heavy atom. The Morgan fingerprint density at radius 1 is 0.923 bits per heavy atom. The third-order valence-corrected chi connectivity index (χ3v) is 5.47. The number of nitrogens with zero attached hydrogens (tertiary/aromatic N) is 3. The van der Waals surface area contributed by atoms with Crippen LogP contribution >= 0.6 is 0 Å². The highest BCUT2D eigenvalue weighted by atomic mass is 32.2. The summed E-state index contributed by atoms with van der Waals surface area (Å²) in [5.41, 5.74) is 3.40. The molecule has 0 bridgehead atoms. The van der Waals surface area contributed by atoms with Gasteiger partial charge in [0.15, 0.2) is 22.3 Å². The maximum Gasteiger partial charge on any atom is 0.268 e. The normalized spacial score (nSPS) is 11.4. The molecule has 3 rings (SSSR count). The number of hydrogen-bond acceptors (Lipinski definition) is 7. The zero-order valence-electron chi connectivity index (χ0n) is 14.9. The van der Waals surface area contributed by atoms with Gasteiger partial charge in [-0.15, -0.1) is 10.2 Å². The first-order valence-electron chi connectivity index (χ1n) is 7.90. The molecule has 3 aromatic rings. The van der Waals surface area contributed by atoms with E-state index < -0.39 is 10.0 Å². The smallest absolute Gasteiger partial charge is 0.268 e. The van der Waals surface area contributed by atoms with E-state index in [9.17, 15) is 8.42 Å². The van der Waals surface area contributed by atoms with Gasteiger partial charge in [0.25, 0.3) is 10.0 Å². The molecule has 0 saturated carbocycles. The van der Waals surface area contributed by atoms with Crippen LogP contribution in [0.15, 0.2) is 39.8 Å². The summed E-state index contributed by atoms with van der Waals surface area (Å²) in [4.78, 5) is 0.0111. The Kier molecular flexibility index (Phi) is 4.64. The lowest BCUT2D eigenvalue weighted by Gasteiger charge is -2.12. The molecule has 0 saturated heterocycles. The van der Waals surface area contributed by atoms with Gasteiger partial charge >= 0.3 is 0 Å². The van der Waals surface area contributed by atoms with Crippen LogP contribution in [-0.4, -0.2) is 23.8 Å². The van der Waals surface area contributed by atoms with Crippen molar-refractivity contribution in [3.63, 3.8) is 0 Å². The molecule has 0 fully saturated rings. The largest absolute Gasteiger partial charge is 0.360 e. The summed E-state index contributed by atoms with van der Waals surface area (Å²) < 4.78 is 32.2. The van der Waals surface area contributed by atoms with Crippen molar-refractivity contribution in [1.82, 2.24) is 15.4 Å². The standard InChI is InChI=1S/C17H19N5O3S/c1-10-6-5-7-11(2)16(10)18-14-8-9-15(20-19-14)22-26(23,24)17-12(3)21-25-13(17)4/h5-9H,1-4H3,(H,18,19)(H,20,22). The molecular formula is C17H19N5O3S. The molecule has 2 aromatic heterocycles. The molecule has 0 atom stereocenters. The fourth-order valence-corrected chi connectivity index (χ4v) is 3.97. The lowest BCUT2D eigenvalue weighted by molar-refractivity contribution is 0.390. The second-order valence-corrected chi connectivity index (χ2v) is 7.57. The van der Waals surface area contributed by atoms with Crippen molar-refractivity contribution in [2.45, 2.75) is 32.6 Å². The first kappa shape index (κ1) is 17.9. The van der Waals surface area contributed by atoms with Crippen molar-refractivity contribution in [1.29, 1.82) is 0 Å². The van der Waals surface area contributed by atoms with Crippen LogP contribution in [0.3, 0.4) is 0 Å². The second-order valence-electron chi connectivity index (χ2n) is 5.95. The minimum Gasteiger partial charge on any atom is -0.360 e. The third kappa shape index (κ3) is 3.52. The number of aromatic nitrogens is 3. The van der Waals surface area contributed by atoms with Crippen molar-refractivity contribution >= 4 is 27.3 Å². The Balaban J connectivity index is 1.80. The molecule has 0 radical (unpaired) electrons. The van der Waals surface area contributed by atoms with Crippen LogP contribution in [0.1, 0.15) is 22.6 Å². The van der Waals surface area contributed by atoms with Crippen molar-refractivity contribution in [2.24, 2.45) is 0 Å². The summed E-state index contributed by atoms with van der Waals surface area (Å²) >= 11 is 0. The molecule has 8 nitrogen and oxygen atoms in total. The van der Waals surface area contributed by atoms with Gasteiger partial charge in [0.1, 0.15) is 5.69 Å². The van der Waals surface area contributed by atoms with E-state index in [1.165, 1.54) is 6.92 Å². The molecule has 0 aliphatic rings. The molecule has 0 unspecified atom stereocenters. The summed E-state index contributed by atoms with van der Waals surface area (Å²) in [6.07, 6.45) is 0. The lowest BCUT2D eigenvalue weighted by atomic mass is 10.1. The van der Waals surface area contributed by atoms with Crippen LogP contribution in [-0.2, 0) is 10.0 Å². The summed E-state index contributed by atoms with van der Waals surface area (Å²) in [5, 5.41) is 14.8. The molecule has 1 aromatic carbocycles. The molecule has 0 aliphatic heterocycles. The summed E-state index contributed by atoms with van der Waals surface area (Å²) in [6.45, 7) is 7.09. The predicted octanol–water partition coefficient (Wildman–Crippen LogP) is 3.24. The molecule has 136 valence electrons. The van der Waals surface area contributed by atoms with Gasteiger partial charge in [0.2, 0.25) is 0 Å². The third-order valence-electron chi connectivity index (χ3n) is 3.87. The first-order valence-corrected chi connectivity index (χ1v) is 9.39. The van der Waals surface area contributed by atoms with Gasteiger partial charge in [-0.3, -0.25) is 4.72 Å². The SMILES string of the molecule is Cc1cccc(C)c1Nc1ccc(NS(=O)(=O)c2c(C)noc2C)nn1. The Labute approximate surface area is 151 Å². The molecule has 9 heteroatoms. The quantitative estimate of drug-likeness (QED) is 0.706. The van der Waals surface area contributed by atoms with E-state index in [2.05, 4.69) is 25.4 Å². The van der Waals surface area contributed by atoms with Gasteiger partial charge in [-0.1, -0.05) is 23.4 Å². The Hall–Kier alpha value is -2.94. The molecule has 0 aliphatic carbocycles. The Bertz CT molecular complexity index is 1000. The molecule has 26 heavy (non-hydrogen) atoms. The predicted molar refractivity (Wildman–Crippen MR) is 98.0 cm³/mol. The highest BCUT2D eigenvalue weighted by molar-refractivity contribution is 7.92. The molecular weight excluding hydrogens is 354 g/mol.